The number of carbonyl (C=O) groups is 1. The summed E-state index contributed by atoms with van der Waals surface area (Å²) in [4.78, 5) is 16.8. The maximum absolute atomic E-state index is 12.5. The average Bonchev–Trinajstić information content (AvgIpc) is 3.07. The molecule has 23 heavy (non-hydrogen) atoms. The topological polar surface area (TPSA) is 51.2 Å². The Labute approximate surface area is 139 Å². The van der Waals surface area contributed by atoms with Crippen molar-refractivity contribution in [1.29, 1.82) is 0 Å². The summed E-state index contributed by atoms with van der Waals surface area (Å²) in [6.45, 7) is 2.06. The highest BCUT2D eigenvalue weighted by Crippen LogP contribution is 2.22. The smallest absolute Gasteiger partial charge is 0.251 e. The van der Waals surface area contributed by atoms with Gasteiger partial charge >= 0.3 is 0 Å². The monoisotopic (exact) mass is 326 g/mol. The van der Waals surface area contributed by atoms with Gasteiger partial charge in [0, 0.05) is 5.56 Å². The highest BCUT2D eigenvalue weighted by molar-refractivity contribution is 7.16. The molecule has 3 aromatic rings. The first-order valence-corrected chi connectivity index (χ1v) is 8.37. The van der Waals surface area contributed by atoms with E-state index in [1.165, 1.54) is 11.3 Å². The van der Waals surface area contributed by atoms with Gasteiger partial charge in [-0.2, -0.15) is 0 Å². The summed E-state index contributed by atoms with van der Waals surface area (Å²) in [7, 11) is 1.64. The molecule has 0 saturated heterocycles. The van der Waals surface area contributed by atoms with Crippen LogP contribution in [0, 0.1) is 0 Å². The number of nitrogens with one attached hydrogen (secondary N) is 1. The molecule has 1 aromatic heterocycles. The Bertz CT molecular complexity index is 811. The number of carbonyl (C=O) groups excluding carboxylic acids is 1. The van der Waals surface area contributed by atoms with Crippen LogP contribution in [-0.2, 0) is 0 Å². The lowest BCUT2D eigenvalue weighted by atomic mass is 10.0. The van der Waals surface area contributed by atoms with Crippen LogP contribution >= 0.6 is 11.3 Å². The third-order valence-electron chi connectivity index (χ3n) is 3.83. The zero-order chi connectivity index (χ0) is 16.2. The van der Waals surface area contributed by atoms with E-state index in [4.69, 9.17) is 4.74 Å². The Morgan fingerprint density at radius 2 is 2.04 bits per heavy atom. The molecule has 0 bridgehead atoms. The summed E-state index contributed by atoms with van der Waals surface area (Å²) < 4.78 is 6.20. The maximum Gasteiger partial charge on any atom is 0.251 e. The van der Waals surface area contributed by atoms with Gasteiger partial charge < -0.3 is 10.1 Å². The van der Waals surface area contributed by atoms with Crippen molar-refractivity contribution in [2.75, 3.05) is 7.11 Å². The average molecular weight is 326 g/mol. The molecule has 0 fully saturated rings. The molecule has 0 saturated carbocycles. The summed E-state index contributed by atoms with van der Waals surface area (Å²) in [5, 5.41) is 3.10. The predicted molar refractivity (Wildman–Crippen MR) is 93.1 cm³/mol. The van der Waals surface area contributed by atoms with Crippen LogP contribution in [0.2, 0.25) is 0 Å². The summed E-state index contributed by atoms with van der Waals surface area (Å²) >= 11 is 1.54. The van der Waals surface area contributed by atoms with Crippen molar-refractivity contribution < 1.29 is 9.53 Å². The van der Waals surface area contributed by atoms with E-state index in [9.17, 15) is 4.79 Å². The Hall–Kier alpha value is -2.40. The van der Waals surface area contributed by atoms with E-state index >= 15 is 0 Å². The summed E-state index contributed by atoms with van der Waals surface area (Å²) in [5.74, 6) is 0.744. The van der Waals surface area contributed by atoms with Gasteiger partial charge in [0.05, 0.1) is 28.9 Å². The standard InChI is InChI=1S/C18H18N2O2S/c1-3-15(12-4-7-14(22-2)8-5-12)20-18(21)13-6-9-16-17(10-13)23-11-19-16/h4-11,15H,3H2,1-2H3,(H,20,21). The van der Waals surface area contributed by atoms with E-state index in [0.717, 1.165) is 28.0 Å². The van der Waals surface area contributed by atoms with E-state index in [0.29, 0.717) is 5.56 Å². The van der Waals surface area contributed by atoms with Crippen molar-refractivity contribution in [1.82, 2.24) is 10.3 Å². The molecule has 4 nitrogen and oxygen atoms in total. The molecule has 0 radical (unpaired) electrons. The largest absolute Gasteiger partial charge is 0.497 e. The second kappa shape index (κ2) is 6.79. The molecular weight excluding hydrogens is 308 g/mol. The minimum atomic E-state index is -0.0667. The molecule has 5 heteroatoms. The highest BCUT2D eigenvalue weighted by Gasteiger charge is 2.15. The van der Waals surface area contributed by atoms with Crippen LogP contribution in [0.1, 0.15) is 35.3 Å². The number of nitrogens with zero attached hydrogens (tertiary/aromatic N) is 1. The third kappa shape index (κ3) is 3.35. The van der Waals surface area contributed by atoms with Gasteiger partial charge in [0.1, 0.15) is 5.75 Å². The van der Waals surface area contributed by atoms with Crippen LogP contribution in [-0.4, -0.2) is 18.0 Å². The van der Waals surface area contributed by atoms with E-state index in [-0.39, 0.29) is 11.9 Å². The van der Waals surface area contributed by atoms with Gasteiger partial charge in [0.2, 0.25) is 0 Å². The van der Waals surface area contributed by atoms with Crippen LogP contribution in [0.5, 0.6) is 5.75 Å². The third-order valence-corrected chi connectivity index (χ3v) is 4.62. The van der Waals surface area contributed by atoms with Crippen molar-refractivity contribution in [3.63, 3.8) is 0 Å². The van der Waals surface area contributed by atoms with Crippen molar-refractivity contribution >= 4 is 27.5 Å². The molecule has 1 atom stereocenters. The summed E-state index contributed by atoms with van der Waals surface area (Å²) in [6, 6.07) is 13.4. The van der Waals surface area contributed by atoms with Gasteiger partial charge in [-0.3, -0.25) is 4.79 Å². The van der Waals surface area contributed by atoms with Gasteiger partial charge in [0.25, 0.3) is 5.91 Å². The van der Waals surface area contributed by atoms with Crippen molar-refractivity contribution in [3.05, 3.63) is 59.1 Å². The lowest BCUT2D eigenvalue weighted by molar-refractivity contribution is 0.0935. The zero-order valence-electron chi connectivity index (χ0n) is 13.1. The Kier molecular flexibility index (Phi) is 4.57. The van der Waals surface area contributed by atoms with Gasteiger partial charge in [-0.05, 0) is 42.3 Å². The lowest BCUT2D eigenvalue weighted by Crippen LogP contribution is -2.28. The molecule has 118 valence electrons. The number of methoxy groups -OCH3 is 1. The van der Waals surface area contributed by atoms with Gasteiger partial charge in [0.15, 0.2) is 0 Å². The van der Waals surface area contributed by atoms with Gasteiger partial charge in [-0.25, -0.2) is 4.98 Å². The molecule has 0 aliphatic carbocycles. The van der Waals surface area contributed by atoms with Crippen LogP contribution in [0.3, 0.4) is 0 Å². The van der Waals surface area contributed by atoms with Gasteiger partial charge in [-0.15, -0.1) is 11.3 Å². The number of fused-ring (bicyclic) bond motifs is 1. The minimum Gasteiger partial charge on any atom is -0.497 e. The highest BCUT2D eigenvalue weighted by atomic mass is 32.1. The number of rotatable bonds is 5. The number of ether oxygens (including phenoxy) is 1. The van der Waals surface area contributed by atoms with Crippen molar-refractivity contribution in [3.8, 4) is 5.75 Å². The van der Waals surface area contributed by atoms with Crippen molar-refractivity contribution in [2.45, 2.75) is 19.4 Å². The van der Waals surface area contributed by atoms with Gasteiger partial charge in [-0.1, -0.05) is 19.1 Å². The fourth-order valence-electron chi connectivity index (χ4n) is 2.50. The number of hydrogen-bond acceptors (Lipinski definition) is 4. The second-order valence-corrected chi connectivity index (χ2v) is 6.13. The maximum atomic E-state index is 12.5. The molecule has 2 aromatic carbocycles. The van der Waals surface area contributed by atoms with Crippen molar-refractivity contribution in [2.24, 2.45) is 0 Å². The van der Waals surface area contributed by atoms with Crippen LogP contribution in [0.25, 0.3) is 10.2 Å². The molecule has 1 N–H and O–H groups in total. The van der Waals surface area contributed by atoms with E-state index in [1.807, 2.05) is 42.5 Å². The molecular formula is C18H18N2O2S. The van der Waals surface area contributed by atoms with E-state index in [2.05, 4.69) is 17.2 Å². The molecule has 3 rings (SSSR count). The fraction of sp³-hybridized carbons (Fsp3) is 0.222. The number of hydrogen-bond donors (Lipinski definition) is 1. The molecule has 1 amide bonds. The number of aromatic nitrogens is 1. The van der Waals surface area contributed by atoms with Crippen LogP contribution in [0.4, 0.5) is 0 Å². The van der Waals surface area contributed by atoms with E-state index < -0.39 is 0 Å². The minimum absolute atomic E-state index is 0.0226. The zero-order valence-corrected chi connectivity index (χ0v) is 13.9. The molecule has 0 aliphatic heterocycles. The second-order valence-electron chi connectivity index (χ2n) is 5.24. The molecule has 0 spiro atoms. The number of amides is 1. The Morgan fingerprint density at radius 1 is 1.26 bits per heavy atom. The Morgan fingerprint density at radius 3 is 2.74 bits per heavy atom. The normalized spacial score (nSPS) is 12.1. The van der Waals surface area contributed by atoms with Crippen LogP contribution in [0.15, 0.2) is 48.0 Å². The summed E-state index contributed by atoms with van der Waals surface area (Å²) in [5.41, 5.74) is 4.45. The number of thiazole rings is 1. The van der Waals surface area contributed by atoms with E-state index in [1.54, 1.807) is 12.6 Å². The number of benzene rings is 2. The molecule has 0 aliphatic rings. The molecule has 1 heterocycles. The predicted octanol–water partition coefficient (Wildman–Crippen LogP) is 4.19. The lowest BCUT2D eigenvalue weighted by Gasteiger charge is -2.18. The fourth-order valence-corrected chi connectivity index (χ4v) is 3.21. The summed E-state index contributed by atoms with van der Waals surface area (Å²) in [6.07, 6.45) is 0.820. The SMILES string of the molecule is CCC(NC(=O)c1ccc2ncsc2c1)c1ccc(OC)cc1. The Balaban J connectivity index is 1.78. The quantitative estimate of drug-likeness (QED) is 0.765. The molecule has 1 unspecified atom stereocenters. The first kappa shape index (κ1) is 15.5. The first-order chi connectivity index (χ1) is 11.2. The first-order valence-electron chi connectivity index (χ1n) is 7.49. The van der Waals surface area contributed by atoms with Crippen LogP contribution < -0.4 is 10.1 Å².